The fourth-order valence-corrected chi connectivity index (χ4v) is 4.07. The van der Waals surface area contributed by atoms with Gasteiger partial charge < -0.3 is 4.90 Å². The molecular formula is C24H22ClN3O2S. The van der Waals surface area contributed by atoms with E-state index in [9.17, 15) is 8.42 Å². The highest BCUT2D eigenvalue weighted by atomic mass is 35.5. The molecule has 0 aliphatic heterocycles. The Morgan fingerprint density at radius 2 is 1.42 bits per heavy atom. The Bertz CT molecular complexity index is 1310. The van der Waals surface area contributed by atoms with Crippen molar-refractivity contribution in [2.75, 3.05) is 25.3 Å². The third-order valence-electron chi connectivity index (χ3n) is 5.04. The summed E-state index contributed by atoms with van der Waals surface area (Å²) >= 11 is 6.04. The Hall–Kier alpha value is -3.09. The Morgan fingerprint density at radius 3 is 1.97 bits per heavy atom. The first-order valence-electron chi connectivity index (χ1n) is 9.66. The lowest BCUT2D eigenvalue weighted by atomic mass is 10.1. The van der Waals surface area contributed by atoms with Crippen LogP contribution < -0.4 is 4.90 Å². The van der Waals surface area contributed by atoms with Crippen molar-refractivity contribution < 1.29 is 8.42 Å². The first-order valence-corrected chi connectivity index (χ1v) is 11.9. The van der Waals surface area contributed by atoms with Gasteiger partial charge in [-0.05, 0) is 54.6 Å². The first-order chi connectivity index (χ1) is 14.7. The molecule has 31 heavy (non-hydrogen) atoms. The predicted octanol–water partition coefficient (Wildman–Crippen LogP) is 5.33. The molecule has 1 aromatic heterocycles. The SMILES string of the molecule is CN(C)c1ccc(-c2cc(-c3ccc(Cl)cc3)nn2-c2ccc(S(C)(=O)=O)cc2)cc1. The van der Waals surface area contributed by atoms with Gasteiger partial charge in [-0.15, -0.1) is 0 Å². The van der Waals surface area contributed by atoms with Gasteiger partial charge in [0.15, 0.2) is 9.84 Å². The molecule has 1 heterocycles. The Labute approximate surface area is 187 Å². The molecule has 0 saturated heterocycles. The number of hydrogen-bond acceptors (Lipinski definition) is 4. The standard InChI is InChI=1S/C24H22ClN3O2S/c1-27(2)20-10-6-18(7-11-20)24-16-23(17-4-8-19(25)9-5-17)26-28(24)21-12-14-22(15-13-21)31(3,29)30/h4-16H,1-3H3. The summed E-state index contributed by atoms with van der Waals surface area (Å²) in [6, 6.07) is 24.5. The van der Waals surface area contributed by atoms with Crippen molar-refractivity contribution in [2.24, 2.45) is 0 Å². The summed E-state index contributed by atoms with van der Waals surface area (Å²) in [5, 5.41) is 5.49. The van der Waals surface area contributed by atoms with Crippen LogP contribution in [0.5, 0.6) is 0 Å². The van der Waals surface area contributed by atoms with Crippen LogP contribution in [0.4, 0.5) is 5.69 Å². The van der Waals surface area contributed by atoms with Gasteiger partial charge in [0, 0.05) is 42.2 Å². The molecule has 3 aromatic carbocycles. The van der Waals surface area contributed by atoms with Crippen molar-refractivity contribution in [1.82, 2.24) is 9.78 Å². The Morgan fingerprint density at radius 1 is 0.839 bits per heavy atom. The molecule has 0 amide bonds. The molecule has 0 bridgehead atoms. The summed E-state index contributed by atoms with van der Waals surface area (Å²) in [6.07, 6.45) is 1.20. The van der Waals surface area contributed by atoms with E-state index in [4.69, 9.17) is 16.7 Å². The summed E-state index contributed by atoms with van der Waals surface area (Å²) in [6.45, 7) is 0. The van der Waals surface area contributed by atoms with Crippen molar-refractivity contribution in [1.29, 1.82) is 0 Å². The Balaban J connectivity index is 1.84. The molecule has 0 spiro atoms. The zero-order valence-corrected chi connectivity index (χ0v) is 19.0. The van der Waals surface area contributed by atoms with Gasteiger partial charge in [-0.25, -0.2) is 13.1 Å². The molecule has 0 atom stereocenters. The van der Waals surface area contributed by atoms with Crippen LogP contribution in [0.25, 0.3) is 28.2 Å². The van der Waals surface area contributed by atoms with Gasteiger partial charge in [0.1, 0.15) is 0 Å². The van der Waals surface area contributed by atoms with Gasteiger partial charge in [0.05, 0.1) is 22.0 Å². The molecule has 7 heteroatoms. The molecule has 0 aliphatic rings. The predicted molar refractivity (Wildman–Crippen MR) is 127 cm³/mol. The van der Waals surface area contributed by atoms with E-state index in [2.05, 4.69) is 24.3 Å². The number of nitrogens with zero attached hydrogens (tertiary/aromatic N) is 3. The molecule has 0 saturated carbocycles. The van der Waals surface area contributed by atoms with Crippen LogP contribution in [0, 0.1) is 0 Å². The molecule has 5 nitrogen and oxygen atoms in total. The van der Waals surface area contributed by atoms with E-state index in [1.807, 2.05) is 54.0 Å². The first kappa shape index (κ1) is 21.2. The van der Waals surface area contributed by atoms with E-state index in [1.54, 1.807) is 24.3 Å². The summed E-state index contributed by atoms with van der Waals surface area (Å²) in [5.41, 5.74) is 5.54. The van der Waals surface area contributed by atoms with E-state index in [1.165, 1.54) is 6.26 Å². The van der Waals surface area contributed by atoms with E-state index < -0.39 is 9.84 Å². The fraction of sp³-hybridized carbons (Fsp3) is 0.125. The molecule has 158 valence electrons. The van der Waals surface area contributed by atoms with Gasteiger partial charge in [-0.1, -0.05) is 35.9 Å². The second kappa shape index (κ2) is 8.21. The van der Waals surface area contributed by atoms with Gasteiger partial charge >= 0.3 is 0 Å². The van der Waals surface area contributed by atoms with Crippen LogP contribution in [0.3, 0.4) is 0 Å². The van der Waals surface area contributed by atoms with Crippen molar-refractivity contribution >= 4 is 27.1 Å². The molecule has 0 aliphatic carbocycles. The quantitative estimate of drug-likeness (QED) is 0.411. The van der Waals surface area contributed by atoms with Crippen LogP contribution in [-0.2, 0) is 9.84 Å². The molecule has 4 rings (SSSR count). The van der Waals surface area contributed by atoms with Crippen molar-refractivity contribution in [2.45, 2.75) is 4.90 Å². The van der Waals surface area contributed by atoms with Crippen LogP contribution in [0.15, 0.2) is 83.8 Å². The second-order valence-electron chi connectivity index (χ2n) is 7.54. The average molecular weight is 452 g/mol. The third kappa shape index (κ3) is 4.50. The normalized spacial score (nSPS) is 11.5. The topological polar surface area (TPSA) is 55.2 Å². The molecule has 0 radical (unpaired) electrons. The highest BCUT2D eigenvalue weighted by Gasteiger charge is 2.15. The number of aromatic nitrogens is 2. The van der Waals surface area contributed by atoms with Crippen LogP contribution in [-0.4, -0.2) is 38.5 Å². The fourth-order valence-electron chi connectivity index (χ4n) is 3.31. The zero-order chi connectivity index (χ0) is 22.2. The number of benzene rings is 3. The van der Waals surface area contributed by atoms with Crippen molar-refractivity contribution in [3.63, 3.8) is 0 Å². The molecule has 0 fully saturated rings. The minimum atomic E-state index is -3.27. The van der Waals surface area contributed by atoms with Crippen LogP contribution >= 0.6 is 11.6 Å². The van der Waals surface area contributed by atoms with Crippen molar-refractivity contribution in [3.05, 3.63) is 83.9 Å². The second-order valence-corrected chi connectivity index (χ2v) is 9.99. The Kier molecular flexibility index (Phi) is 5.60. The summed E-state index contributed by atoms with van der Waals surface area (Å²) < 4.78 is 25.5. The monoisotopic (exact) mass is 451 g/mol. The number of rotatable bonds is 5. The van der Waals surface area contributed by atoms with Crippen LogP contribution in [0.1, 0.15) is 0 Å². The third-order valence-corrected chi connectivity index (χ3v) is 6.42. The van der Waals surface area contributed by atoms with Crippen LogP contribution in [0.2, 0.25) is 5.02 Å². The molecule has 4 aromatic rings. The van der Waals surface area contributed by atoms with E-state index in [0.29, 0.717) is 5.02 Å². The summed E-state index contributed by atoms with van der Waals surface area (Å²) in [7, 11) is 0.737. The molecule has 0 N–H and O–H groups in total. The number of halogens is 1. The minimum absolute atomic E-state index is 0.276. The summed E-state index contributed by atoms with van der Waals surface area (Å²) in [4.78, 5) is 2.32. The molecule has 0 unspecified atom stereocenters. The van der Waals surface area contributed by atoms with Crippen molar-refractivity contribution in [3.8, 4) is 28.2 Å². The lowest BCUT2D eigenvalue weighted by Crippen LogP contribution is -2.08. The molecular weight excluding hydrogens is 430 g/mol. The maximum atomic E-state index is 11.8. The number of sulfone groups is 1. The number of anilines is 1. The minimum Gasteiger partial charge on any atom is -0.378 e. The highest BCUT2D eigenvalue weighted by molar-refractivity contribution is 7.90. The van der Waals surface area contributed by atoms with Gasteiger partial charge in [0.25, 0.3) is 0 Å². The maximum absolute atomic E-state index is 11.8. The van der Waals surface area contributed by atoms with Gasteiger partial charge in [-0.2, -0.15) is 5.10 Å². The maximum Gasteiger partial charge on any atom is 0.175 e. The van der Waals surface area contributed by atoms with Gasteiger partial charge in [-0.3, -0.25) is 0 Å². The van der Waals surface area contributed by atoms with E-state index >= 15 is 0 Å². The smallest absolute Gasteiger partial charge is 0.175 e. The van der Waals surface area contributed by atoms with E-state index in [-0.39, 0.29) is 4.90 Å². The van der Waals surface area contributed by atoms with E-state index in [0.717, 1.165) is 33.9 Å². The largest absolute Gasteiger partial charge is 0.378 e. The lowest BCUT2D eigenvalue weighted by Gasteiger charge is -2.13. The van der Waals surface area contributed by atoms with Gasteiger partial charge in [0.2, 0.25) is 0 Å². The zero-order valence-electron chi connectivity index (χ0n) is 17.4. The highest BCUT2D eigenvalue weighted by Crippen LogP contribution is 2.30. The summed E-state index contributed by atoms with van der Waals surface area (Å²) in [5.74, 6) is 0. The average Bonchev–Trinajstić information content (AvgIpc) is 3.19. The lowest BCUT2D eigenvalue weighted by molar-refractivity contribution is 0.602. The number of hydrogen-bond donors (Lipinski definition) is 0.